The molecule has 0 spiro atoms. The lowest BCUT2D eigenvalue weighted by Crippen LogP contribution is -2.40. The van der Waals surface area contributed by atoms with Crippen LogP contribution in [-0.2, 0) is 11.2 Å². The van der Waals surface area contributed by atoms with Gasteiger partial charge in [0.15, 0.2) is 0 Å². The van der Waals surface area contributed by atoms with Crippen LogP contribution in [0.5, 0.6) is 0 Å². The van der Waals surface area contributed by atoms with Crippen LogP contribution < -0.4 is 4.90 Å². The molecule has 2 rings (SSSR count). The molecule has 2 heterocycles. The summed E-state index contributed by atoms with van der Waals surface area (Å²) in [5.41, 5.74) is 2.53. The van der Waals surface area contributed by atoms with Crippen molar-refractivity contribution in [1.82, 2.24) is 4.98 Å². The largest absolute Gasteiger partial charge is 0.443 e. The summed E-state index contributed by atoms with van der Waals surface area (Å²) in [5, 5.41) is 0. The van der Waals surface area contributed by atoms with E-state index in [9.17, 15) is 4.79 Å². The Morgan fingerprint density at radius 1 is 1.44 bits per heavy atom. The summed E-state index contributed by atoms with van der Waals surface area (Å²) in [6, 6.07) is 1.93. The predicted octanol–water partition coefficient (Wildman–Crippen LogP) is 3.08. The van der Waals surface area contributed by atoms with Gasteiger partial charge >= 0.3 is 6.09 Å². The summed E-state index contributed by atoms with van der Waals surface area (Å²) < 4.78 is 5.45. The van der Waals surface area contributed by atoms with E-state index in [4.69, 9.17) is 4.74 Å². The number of carbonyl (C=O) groups excluding carboxylic acids is 1. The first-order chi connectivity index (χ1) is 8.38. The van der Waals surface area contributed by atoms with E-state index in [1.165, 1.54) is 0 Å². The Morgan fingerprint density at radius 2 is 2.17 bits per heavy atom. The number of rotatable bonds is 0. The van der Waals surface area contributed by atoms with Crippen molar-refractivity contribution in [2.45, 2.75) is 46.1 Å². The second-order valence-corrected chi connectivity index (χ2v) is 5.66. The molecule has 4 heteroatoms. The van der Waals surface area contributed by atoms with Gasteiger partial charge in [0.2, 0.25) is 0 Å². The number of hydrogen-bond donors (Lipinski definition) is 0. The summed E-state index contributed by atoms with van der Waals surface area (Å²) in [5.74, 6) is 0. The molecule has 1 aromatic rings. The Balaban J connectivity index is 2.30. The lowest BCUT2D eigenvalue weighted by Gasteiger charge is -2.32. The Hall–Kier alpha value is -1.58. The number of amides is 1. The van der Waals surface area contributed by atoms with Crippen molar-refractivity contribution in [1.29, 1.82) is 0 Å². The van der Waals surface area contributed by atoms with Crippen LogP contribution in [0.3, 0.4) is 0 Å². The Morgan fingerprint density at radius 3 is 2.83 bits per heavy atom. The lowest BCUT2D eigenvalue weighted by atomic mass is 10.0. The van der Waals surface area contributed by atoms with Crippen molar-refractivity contribution < 1.29 is 9.53 Å². The quantitative estimate of drug-likeness (QED) is 0.708. The van der Waals surface area contributed by atoms with E-state index in [1.807, 2.05) is 33.8 Å². The Kier molecular flexibility index (Phi) is 3.28. The van der Waals surface area contributed by atoms with Gasteiger partial charge in [-0.1, -0.05) is 0 Å². The predicted molar refractivity (Wildman–Crippen MR) is 70.9 cm³/mol. The normalized spacial score (nSPS) is 15.2. The molecule has 0 atom stereocenters. The van der Waals surface area contributed by atoms with E-state index in [1.54, 1.807) is 11.1 Å². The second-order valence-electron chi connectivity index (χ2n) is 5.66. The van der Waals surface area contributed by atoms with Crippen LogP contribution in [0.2, 0.25) is 0 Å². The van der Waals surface area contributed by atoms with Crippen molar-refractivity contribution in [3.63, 3.8) is 0 Å². The minimum absolute atomic E-state index is 0.278. The maximum absolute atomic E-state index is 12.2. The standard InChI is InChI=1S/C14H20N2O2/c1-10-7-8-15-11-6-5-9-16(12(10)11)13(17)18-14(2,3)4/h7-8H,5-6,9H2,1-4H3. The van der Waals surface area contributed by atoms with Gasteiger partial charge in [-0.3, -0.25) is 9.88 Å². The smallest absolute Gasteiger partial charge is 0.414 e. The second kappa shape index (κ2) is 4.59. The van der Waals surface area contributed by atoms with Gasteiger partial charge in [-0.2, -0.15) is 0 Å². The first-order valence-electron chi connectivity index (χ1n) is 6.33. The molecule has 18 heavy (non-hydrogen) atoms. The number of nitrogens with zero attached hydrogens (tertiary/aromatic N) is 2. The zero-order chi connectivity index (χ0) is 13.3. The Labute approximate surface area is 108 Å². The number of ether oxygens (including phenoxy) is 1. The van der Waals surface area contributed by atoms with Crippen molar-refractivity contribution in [2.75, 3.05) is 11.4 Å². The summed E-state index contributed by atoms with van der Waals surface area (Å²) in [7, 11) is 0. The van der Waals surface area contributed by atoms with Crippen molar-refractivity contribution in [3.05, 3.63) is 23.5 Å². The molecule has 0 fully saturated rings. The third-order valence-electron chi connectivity index (χ3n) is 2.88. The third-order valence-corrected chi connectivity index (χ3v) is 2.88. The van der Waals surface area contributed by atoms with Crippen LogP contribution in [0.1, 0.15) is 38.4 Å². The molecule has 0 saturated heterocycles. The molecule has 0 aromatic carbocycles. The van der Waals surface area contributed by atoms with Gasteiger partial charge in [-0.15, -0.1) is 0 Å². The molecule has 1 aromatic heterocycles. The van der Waals surface area contributed by atoms with Crippen LogP contribution in [-0.4, -0.2) is 23.2 Å². The fourth-order valence-corrected chi connectivity index (χ4v) is 2.17. The average molecular weight is 248 g/mol. The maximum atomic E-state index is 12.2. The zero-order valence-electron chi connectivity index (χ0n) is 11.5. The summed E-state index contributed by atoms with van der Waals surface area (Å²) in [4.78, 5) is 18.3. The zero-order valence-corrected chi connectivity index (χ0v) is 11.5. The average Bonchev–Trinajstić information content (AvgIpc) is 2.26. The highest BCUT2D eigenvalue weighted by atomic mass is 16.6. The fourth-order valence-electron chi connectivity index (χ4n) is 2.17. The highest BCUT2D eigenvalue weighted by Gasteiger charge is 2.28. The van der Waals surface area contributed by atoms with Crippen LogP contribution in [0, 0.1) is 6.92 Å². The molecule has 1 amide bonds. The van der Waals surface area contributed by atoms with Gasteiger partial charge in [0.1, 0.15) is 5.60 Å². The van der Waals surface area contributed by atoms with Crippen molar-refractivity contribution in [2.24, 2.45) is 0 Å². The lowest BCUT2D eigenvalue weighted by molar-refractivity contribution is 0.0577. The maximum Gasteiger partial charge on any atom is 0.414 e. The monoisotopic (exact) mass is 248 g/mol. The summed E-state index contributed by atoms with van der Waals surface area (Å²) >= 11 is 0. The van der Waals surface area contributed by atoms with E-state index < -0.39 is 5.60 Å². The van der Waals surface area contributed by atoms with Gasteiger partial charge in [-0.05, 0) is 52.2 Å². The van der Waals surface area contributed by atoms with E-state index in [0.717, 1.165) is 29.8 Å². The fraction of sp³-hybridized carbons (Fsp3) is 0.571. The number of carbonyl (C=O) groups is 1. The molecule has 0 radical (unpaired) electrons. The molecule has 98 valence electrons. The first kappa shape index (κ1) is 12.9. The SMILES string of the molecule is Cc1ccnc2c1N(C(=O)OC(C)(C)C)CCC2. The molecule has 0 bridgehead atoms. The third kappa shape index (κ3) is 2.63. The number of fused-ring (bicyclic) bond motifs is 1. The first-order valence-corrected chi connectivity index (χ1v) is 6.33. The Bertz CT molecular complexity index is 463. The number of aryl methyl sites for hydroxylation is 2. The molecule has 0 aliphatic carbocycles. The van der Waals surface area contributed by atoms with Gasteiger partial charge in [0.05, 0.1) is 11.4 Å². The van der Waals surface area contributed by atoms with Crippen LogP contribution in [0.15, 0.2) is 12.3 Å². The van der Waals surface area contributed by atoms with Crippen molar-refractivity contribution in [3.8, 4) is 0 Å². The van der Waals surface area contributed by atoms with Crippen LogP contribution in [0.25, 0.3) is 0 Å². The highest BCUT2D eigenvalue weighted by molar-refractivity contribution is 5.90. The summed E-state index contributed by atoms with van der Waals surface area (Å²) in [6.45, 7) is 8.35. The van der Waals surface area contributed by atoms with Crippen LogP contribution in [0.4, 0.5) is 10.5 Å². The number of pyridine rings is 1. The van der Waals surface area contributed by atoms with E-state index in [2.05, 4.69) is 4.98 Å². The molecule has 1 aliphatic rings. The van der Waals surface area contributed by atoms with Gasteiger partial charge in [-0.25, -0.2) is 4.79 Å². The molecule has 0 unspecified atom stereocenters. The van der Waals surface area contributed by atoms with E-state index >= 15 is 0 Å². The van der Waals surface area contributed by atoms with Gasteiger partial charge < -0.3 is 4.74 Å². The highest BCUT2D eigenvalue weighted by Crippen LogP contribution is 2.30. The molecular formula is C14H20N2O2. The molecule has 4 nitrogen and oxygen atoms in total. The number of aromatic nitrogens is 1. The van der Waals surface area contributed by atoms with Gasteiger partial charge in [0.25, 0.3) is 0 Å². The van der Waals surface area contributed by atoms with Crippen molar-refractivity contribution >= 4 is 11.8 Å². The van der Waals surface area contributed by atoms with Crippen LogP contribution >= 0.6 is 0 Å². The van der Waals surface area contributed by atoms with E-state index in [-0.39, 0.29) is 6.09 Å². The minimum Gasteiger partial charge on any atom is -0.443 e. The molecule has 0 N–H and O–H groups in total. The number of anilines is 1. The van der Waals surface area contributed by atoms with Gasteiger partial charge in [0, 0.05) is 12.7 Å². The molecule has 0 saturated carbocycles. The summed E-state index contributed by atoms with van der Waals surface area (Å²) in [6.07, 6.45) is 3.38. The molecular weight excluding hydrogens is 228 g/mol. The minimum atomic E-state index is -0.467. The van der Waals surface area contributed by atoms with E-state index in [0.29, 0.717) is 6.54 Å². The topological polar surface area (TPSA) is 42.4 Å². The molecule has 1 aliphatic heterocycles. The number of hydrogen-bond acceptors (Lipinski definition) is 3.